The van der Waals surface area contributed by atoms with E-state index in [4.69, 9.17) is 16.6 Å². The third-order valence-electron chi connectivity index (χ3n) is 3.96. The van der Waals surface area contributed by atoms with E-state index in [-0.39, 0.29) is 16.7 Å². The van der Waals surface area contributed by atoms with Crippen LogP contribution in [0.2, 0.25) is 0 Å². The van der Waals surface area contributed by atoms with Crippen LogP contribution in [0.3, 0.4) is 0 Å². The quantitative estimate of drug-likeness (QED) is 0.428. The van der Waals surface area contributed by atoms with E-state index < -0.39 is 10.0 Å². The lowest BCUT2D eigenvalue weighted by molar-refractivity contribution is -0.122. The molecule has 0 aliphatic carbocycles. The fourth-order valence-electron chi connectivity index (χ4n) is 2.60. The van der Waals surface area contributed by atoms with Gasteiger partial charge in [0.25, 0.3) is 15.9 Å². The Morgan fingerprint density at radius 1 is 1.10 bits per heavy atom. The van der Waals surface area contributed by atoms with Crippen molar-refractivity contribution >= 4 is 67.5 Å². The molecule has 1 aliphatic heterocycles. The van der Waals surface area contributed by atoms with Crippen molar-refractivity contribution in [3.05, 3.63) is 75.5 Å². The van der Waals surface area contributed by atoms with Crippen LogP contribution in [0.4, 0.5) is 5.88 Å². The van der Waals surface area contributed by atoms with Crippen LogP contribution in [0.5, 0.6) is 0 Å². The Morgan fingerprint density at radius 2 is 1.90 bits per heavy atom. The molecule has 1 aliphatic rings. The summed E-state index contributed by atoms with van der Waals surface area (Å²) >= 11 is 8.08. The average molecular weight is 463 g/mol. The van der Waals surface area contributed by atoms with Gasteiger partial charge in [-0.15, -0.1) is 11.3 Å². The van der Waals surface area contributed by atoms with Crippen LogP contribution in [-0.2, 0) is 21.4 Å². The monoisotopic (exact) mass is 462 g/mol. The van der Waals surface area contributed by atoms with E-state index in [9.17, 15) is 13.2 Å². The molecule has 1 fully saturated rings. The molecule has 148 valence electrons. The van der Waals surface area contributed by atoms with E-state index in [0.29, 0.717) is 21.5 Å². The van der Waals surface area contributed by atoms with Gasteiger partial charge in [0.2, 0.25) is 5.88 Å². The van der Waals surface area contributed by atoms with Gasteiger partial charge in [0, 0.05) is 17.0 Å². The maximum absolute atomic E-state index is 12.7. The molecule has 3 aromatic rings. The Balaban J connectivity index is 1.49. The second-order valence-electron chi connectivity index (χ2n) is 5.97. The van der Waals surface area contributed by atoms with Gasteiger partial charge in [-0.2, -0.15) is 0 Å². The second kappa shape index (κ2) is 8.15. The number of hydrogen-bond acceptors (Lipinski definition) is 7. The fourth-order valence-corrected chi connectivity index (χ4v) is 5.54. The average Bonchev–Trinajstić information content (AvgIpc) is 3.42. The Hall–Kier alpha value is -2.40. The number of sulfonamides is 1. The molecule has 4 rings (SSSR count). The lowest BCUT2D eigenvalue weighted by Crippen LogP contribution is -2.26. The van der Waals surface area contributed by atoms with Crippen molar-refractivity contribution < 1.29 is 17.6 Å². The molecular formula is C19H14N2O4S4. The van der Waals surface area contributed by atoms with Crippen LogP contribution in [0, 0.1) is 0 Å². The van der Waals surface area contributed by atoms with Crippen molar-refractivity contribution in [3.8, 4) is 0 Å². The minimum Gasteiger partial charge on any atom is -0.440 e. The molecule has 1 N–H and O–H groups in total. The number of thiocarbonyl (C=S) groups is 1. The number of rotatable bonds is 6. The van der Waals surface area contributed by atoms with Gasteiger partial charge in [0.1, 0.15) is 10.1 Å². The molecule has 0 spiro atoms. The maximum Gasteiger partial charge on any atom is 0.266 e. The zero-order chi connectivity index (χ0) is 20.4. The second-order valence-corrected chi connectivity index (χ2v) is 10.4. The Bertz CT molecular complexity index is 1180. The highest BCUT2D eigenvalue weighted by atomic mass is 32.2. The zero-order valence-electron chi connectivity index (χ0n) is 14.8. The third kappa shape index (κ3) is 4.45. The first-order valence-electron chi connectivity index (χ1n) is 8.38. The van der Waals surface area contributed by atoms with E-state index in [0.717, 1.165) is 4.88 Å². The summed E-state index contributed by atoms with van der Waals surface area (Å²) in [6, 6.07) is 15.0. The number of anilines is 1. The van der Waals surface area contributed by atoms with Crippen molar-refractivity contribution in [2.24, 2.45) is 0 Å². The SMILES string of the molecule is O=C1/C(=C/c2ccc(NS(=O)(=O)c3ccccc3)o2)SC(=S)N1Cc1cccs1. The molecule has 6 nitrogen and oxygen atoms in total. The van der Waals surface area contributed by atoms with Gasteiger partial charge in [-0.25, -0.2) is 13.1 Å². The largest absolute Gasteiger partial charge is 0.440 e. The minimum atomic E-state index is -3.75. The van der Waals surface area contributed by atoms with Crippen molar-refractivity contribution in [1.82, 2.24) is 4.90 Å². The molecule has 10 heteroatoms. The normalized spacial score (nSPS) is 16.0. The lowest BCUT2D eigenvalue weighted by atomic mass is 10.3. The topological polar surface area (TPSA) is 79.6 Å². The number of carbonyl (C=O) groups excluding carboxylic acids is 1. The minimum absolute atomic E-state index is 0.0640. The predicted octanol–water partition coefficient (Wildman–Crippen LogP) is 4.54. The summed E-state index contributed by atoms with van der Waals surface area (Å²) in [5.41, 5.74) is 0. The summed E-state index contributed by atoms with van der Waals surface area (Å²) in [5.74, 6) is 0.220. The molecule has 2 aromatic heterocycles. The van der Waals surface area contributed by atoms with Gasteiger partial charge in [-0.1, -0.05) is 48.2 Å². The molecule has 1 aromatic carbocycles. The Morgan fingerprint density at radius 3 is 2.62 bits per heavy atom. The van der Waals surface area contributed by atoms with Crippen LogP contribution in [0.15, 0.2) is 74.2 Å². The number of nitrogens with one attached hydrogen (secondary N) is 1. The number of amides is 1. The van der Waals surface area contributed by atoms with Crippen molar-refractivity contribution in [2.75, 3.05) is 4.72 Å². The Labute approximate surface area is 181 Å². The number of hydrogen-bond donors (Lipinski definition) is 1. The fraction of sp³-hybridized carbons (Fsp3) is 0.0526. The standard InChI is InChI=1S/C19H14N2O4S4/c22-18-16(28-19(26)21(18)12-14-5-4-10-27-14)11-13-8-9-17(25-13)20-29(23,24)15-6-2-1-3-7-15/h1-11,20H,12H2/b16-11-. The van der Waals surface area contributed by atoms with E-state index in [1.807, 2.05) is 17.5 Å². The lowest BCUT2D eigenvalue weighted by Gasteiger charge is -2.12. The van der Waals surface area contributed by atoms with Gasteiger partial charge in [-0.3, -0.25) is 9.69 Å². The molecule has 1 amide bonds. The molecular weight excluding hydrogens is 448 g/mol. The first-order chi connectivity index (χ1) is 13.9. The molecule has 1 saturated heterocycles. The van der Waals surface area contributed by atoms with Crippen molar-refractivity contribution in [3.63, 3.8) is 0 Å². The number of thiophene rings is 1. The Kier molecular flexibility index (Phi) is 5.59. The first kappa shape index (κ1) is 19.9. The number of benzene rings is 1. The van der Waals surface area contributed by atoms with Crippen LogP contribution in [0.1, 0.15) is 10.6 Å². The highest BCUT2D eigenvalue weighted by molar-refractivity contribution is 8.26. The van der Waals surface area contributed by atoms with Gasteiger partial charge in [0.15, 0.2) is 0 Å². The highest BCUT2D eigenvalue weighted by Gasteiger charge is 2.32. The van der Waals surface area contributed by atoms with Gasteiger partial charge in [-0.05, 0) is 29.6 Å². The van der Waals surface area contributed by atoms with Crippen LogP contribution in [0.25, 0.3) is 6.08 Å². The molecule has 0 unspecified atom stereocenters. The van der Waals surface area contributed by atoms with Crippen LogP contribution >= 0.6 is 35.3 Å². The highest BCUT2D eigenvalue weighted by Crippen LogP contribution is 2.34. The number of nitrogens with zero attached hydrogens (tertiary/aromatic N) is 1. The van der Waals surface area contributed by atoms with Gasteiger partial charge >= 0.3 is 0 Å². The smallest absolute Gasteiger partial charge is 0.266 e. The van der Waals surface area contributed by atoms with Gasteiger partial charge < -0.3 is 4.42 Å². The molecule has 0 bridgehead atoms. The molecule has 0 atom stereocenters. The summed E-state index contributed by atoms with van der Waals surface area (Å²) in [5, 5.41) is 1.95. The van der Waals surface area contributed by atoms with E-state index in [2.05, 4.69) is 4.72 Å². The molecule has 29 heavy (non-hydrogen) atoms. The van der Waals surface area contributed by atoms with E-state index in [1.54, 1.807) is 46.6 Å². The molecule has 0 radical (unpaired) electrons. The summed E-state index contributed by atoms with van der Waals surface area (Å²) in [6.45, 7) is 0.431. The zero-order valence-corrected chi connectivity index (χ0v) is 18.0. The predicted molar refractivity (Wildman–Crippen MR) is 119 cm³/mol. The maximum atomic E-state index is 12.7. The van der Waals surface area contributed by atoms with E-state index in [1.165, 1.54) is 30.0 Å². The van der Waals surface area contributed by atoms with Crippen molar-refractivity contribution in [1.29, 1.82) is 0 Å². The van der Waals surface area contributed by atoms with Crippen LogP contribution < -0.4 is 4.72 Å². The summed E-state index contributed by atoms with van der Waals surface area (Å²) in [7, 11) is -3.75. The number of thioether (sulfide) groups is 1. The summed E-state index contributed by atoms with van der Waals surface area (Å²) in [4.78, 5) is 15.8. The van der Waals surface area contributed by atoms with Gasteiger partial charge in [0.05, 0.1) is 16.3 Å². The summed E-state index contributed by atoms with van der Waals surface area (Å²) in [6.07, 6.45) is 1.56. The third-order valence-corrected chi connectivity index (χ3v) is 7.56. The molecule has 0 saturated carbocycles. The first-order valence-corrected chi connectivity index (χ1v) is 12.0. The summed E-state index contributed by atoms with van der Waals surface area (Å²) < 4.78 is 33.2. The van der Waals surface area contributed by atoms with Crippen LogP contribution in [-0.4, -0.2) is 23.5 Å². The van der Waals surface area contributed by atoms with Crippen molar-refractivity contribution in [2.45, 2.75) is 11.4 Å². The number of furan rings is 1. The molecule has 3 heterocycles. The number of carbonyl (C=O) groups is 1. The van der Waals surface area contributed by atoms with E-state index >= 15 is 0 Å².